The lowest BCUT2D eigenvalue weighted by Crippen LogP contribution is -2.47. The van der Waals surface area contributed by atoms with Gasteiger partial charge in [0.1, 0.15) is 5.75 Å². The van der Waals surface area contributed by atoms with Gasteiger partial charge in [-0.3, -0.25) is 4.79 Å². The number of amides is 1. The van der Waals surface area contributed by atoms with Gasteiger partial charge >= 0.3 is 0 Å². The van der Waals surface area contributed by atoms with Crippen LogP contribution in [0.1, 0.15) is 51.0 Å². The molecular formula is C19H31ClN2O2. The first kappa shape index (κ1) is 20.8. The molecule has 0 heterocycles. The van der Waals surface area contributed by atoms with Crippen molar-refractivity contribution in [1.29, 1.82) is 0 Å². The number of carbonyl (C=O) groups excluding carboxylic acids is 1. The van der Waals surface area contributed by atoms with Gasteiger partial charge in [-0.05, 0) is 43.5 Å². The van der Waals surface area contributed by atoms with E-state index in [4.69, 9.17) is 4.74 Å². The Hall–Kier alpha value is -1.26. The normalized spacial score (nSPS) is 16.1. The summed E-state index contributed by atoms with van der Waals surface area (Å²) in [6.07, 6.45) is 6.45. The van der Waals surface area contributed by atoms with Crippen molar-refractivity contribution >= 4 is 18.3 Å². The molecule has 0 atom stereocenters. The summed E-state index contributed by atoms with van der Waals surface area (Å²) in [4.78, 5) is 12.9. The van der Waals surface area contributed by atoms with Crippen molar-refractivity contribution in [3.63, 3.8) is 0 Å². The van der Waals surface area contributed by atoms with E-state index >= 15 is 0 Å². The summed E-state index contributed by atoms with van der Waals surface area (Å²) in [5.41, 5.74) is 0.756. The Morgan fingerprint density at radius 1 is 1.08 bits per heavy atom. The topological polar surface area (TPSA) is 50.4 Å². The summed E-state index contributed by atoms with van der Waals surface area (Å²) in [5.74, 6) is 1.02. The van der Waals surface area contributed by atoms with Crippen LogP contribution >= 0.6 is 12.4 Å². The average Bonchev–Trinajstić information content (AvgIpc) is 2.62. The maximum Gasteiger partial charge on any atom is 0.230 e. The van der Waals surface area contributed by atoms with Crippen LogP contribution in [0.4, 0.5) is 0 Å². The Morgan fingerprint density at radius 2 is 1.75 bits per heavy atom. The van der Waals surface area contributed by atoms with Crippen molar-refractivity contribution < 1.29 is 9.53 Å². The first-order valence-corrected chi connectivity index (χ1v) is 8.86. The van der Waals surface area contributed by atoms with E-state index in [1.54, 1.807) is 7.11 Å². The van der Waals surface area contributed by atoms with Crippen LogP contribution in [0.25, 0.3) is 0 Å². The lowest BCUT2D eigenvalue weighted by Gasteiger charge is -2.36. The lowest BCUT2D eigenvalue weighted by atomic mass is 9.68. The summed E-state index contributed by atoms with van der Waals surface area (Å²) in [6, 6.07) is 8.03. The van der Waals surface area contributed by atoms with Crippen LogP contribution in [0.2, 0.25) is 0 Å². The minimum absolute atomic E-state index is 0. The van der Waals surface area contributed by atoms with Crippen LogP contribution < -0.4 is 15.4 Å². The van der Waals surface area contributed by atoms with Gasteiger partial charge in [-0.2, -0.15) is 0 Å². The van der Waals surface area contributed by atoms with E-state index in [-0.39, 0.29) is 23.7 Å². The van der Waals surface area contributed by atoms with Gasteiger partial charge in [-0.15, -0.1) is 12.4 Å². The van der Waals surface area contributed by atoms with E-state index in [1.807, 2.05) is 12.1 Å². The Kier molecular flexibility index (Phi) is 9.16. The molecule has 0 bridgehead atoms. The molecule has 2 rings (SSSR count). The van der Waals surface area contributed by atoms with E-state index in [0.29, 0.717) is 6.54 Å². The van der Waals surface area contributed by atoms with Gasteiger partial charge in [0.15, 0.2) is 0 Å². The van der Waals surface area contributed by atoms with Crippen LogP contribution in [0.15, 0.2) is 24.3 Å². The summed E-state index contributed by atoms with van der Waals surface area (Å²) in [6.45, 7) is 4.67. The molecule has 1 saturated carbocycles. The quantitative estimate of drug-likeness (QED) is 0.703. The molecular weight excluding hydrogens is 324 g/mol. The lowest BCUT2D eigenvalue weighted by molar-refractivity contribution is -0.128. The van der Waals surface area contributed by atoms with E-state index in [2.05, 4.69) is 29.7 Å². The fourth-order valence-corrected chi connectivity index (χ4v) is 3.45. The Balaban J connectivity index is 0.00000288. The second-order valence-electron chi connectivity index (χ2n) is 6.38. The Morgan fingerprint density at radius 3 is 2.33 bits per heavy atom. The predicted molar refractivity (Wildman–Crippen MR) is 101 cm³/mol. The molecule has 1 fully saturated rings. The first-order valence-electron chi connectivity index (χ1n) is 8.86. The number of methoxy groups -OCH3 is 1. The van der Waals surface area contributed by atoms with Gasteiger partial charge in [0.25, 0.3) is 0 Å². The van der Waals surface area contributed by atoms with Crippen LogP contribution in [0.5, 0.6) is 5.75 Å². The minimum Gasteiger partial charge on any atom is -0.497 e. The number of carbonyl (C=O) groups is 1. The van der Waals surface area contributed by atoms with Crippen LogP contribution in [-0.2, 0) is 10.2 Å². The highest BCUT2D eigenvalue weighted by Gasteiger charge is 2.40. The fourth-order valence-electron chi connectivity index (χ4n) is 3.45. The maximum atomic E-state index is 12.9. The third-order valence-corrected chi connectivity index (χ3v) is 4.80. The molecule has 1 amide bonds. The van der Waals surface area contributed by atoms with E-state index in [0.717, 1.165) is 56.5 Å². The van der Waals surface area contributed by atoms with Crippen LogP contribution in [-0.4, -0.2) is 32.7 Å². The molecule has 0 radical (unpaired) electrons. The number of hydrogen-bond donors (Lipinski definition) is 2. The number of hydrogen-bond acceptors (Lipinski definition) is 3. The molecule has 136 valence electrons. The molecule has 4 nitrogen and oxygen atoms in total. The van der Waals surface area contributed by atoms with Crippen LogP contribution in [0, 0.1) is 0 Å². The highest BCUT2D eigenvalue weighted by atomic mass is 35.5. The molecule has 2 N–H and O–H groups in total. The summed E-state index contributed by atoms with van der Waals surface area (Å²) < 4.78 is 5.24. The SMILES string of the molecule is CCCNCCNC(=O)C1(c2ccc(OC)cc2)CCCCC1.Cl. The number of ether oxygens (including phenoxy) is 1. The molecule has 1 aromatic rings. The third kappa shape index (κ3) is 5.12. The molecule has 0 spiro atoms. The van der Waals surface area contributed by atoms with E-state index in [9.17, 15) is 4.79 Å². The zero-order valence-electron chi connectivity index (χ0n) is 14.9. The van der Waals surface area contributed by atoms with Gasteiger partial charge in [-0.25, -0.2) is 0 Å². The molecule has 1 aliphatic rings. The van der Waals surface area contributed by atoms with Gasteiger partial charge in [0.05, 0.1) is 12.5 Å². The number of benzene rings is 1. The molecule has 0 unspecified atom stereocenters. The Labute approximate surface area is 152 Å². The van der Waals surface area contributed by atoms with Crippen molar-refractivity contribution in [3.8, 4) is 5.75 Å². The monoisotopic (exact) mass is 354 g/mol. The fraction of sp³-hybridized carbons (Fsp3) is 0.632. The standard InChI is InChI=1S/C19H30N2O2.ClH/c1-3-13-20-14-15-21-18(22)19(11-5-4-6-12-19)16-7-9-17(23-2)10-8-16;/h7-10,20H,3-6,11-15H2,1-2H3,(H,21,22);1H. The smallest absolute Gasteiger partial charge is 0.230 e. The average molecular weight is 355 g/mol. The highest BCUT2D eigenvalue weighted by Crippen LogP contribution is 2.40. The molecule has 5 heteroatoms. The zero-order valence-corrected chi connectivity index (χ0v) is 15.7. The minimum atomic E-state index is -0.366. The van der Waals surface area contributed by atoms with Gasteiger partial charge < -0.3 is 15.4 Å². The largest absolute Gasteiger partial charge is 0.497 e. The number of rotatable bonds is 8. The second-order valence-corrected chi connectivity index (χ2v) is 6.38. The van der Waals surface area contributed by atoms with Crippen molar-refractivity contribution in [3.05, 3.63) is 29.8 Å². The van der Waals surface area contributed by atoms with Crippen LogP contribution in [0.3, 0.4) is 0 Å². The first-order chi connectivity index (χ1) is 11.2. The van der Waals surface area contributed by atoms with Gasteiger partial charge in [-0.1, -0.05) is 38.3 Å². The van der Waals surface area contributed by atoms with E-state index in [1.165, 1.54) is 6.42 Å². The van der Waals surface area contributed by atoms with Gasteiger partial charge in [0.2, 0.25) is 5.91 Å². The molecule has 0 aliphatic heterocycles. The number of nitrogens with one attached hydrogen (secondary N) is 2. The highest BCUT2D eigenvalue weighted by molar-refractivity contribution is 5.88. The van der Waals surface area contributed by atoms with Crippen molar-refractivity contribution in [1.82, 2.24) is 10.6 Å². The molecule has 1 aromatic carbocycles. The number of halogens is 1. The third-order valence-electron chi connectivity index (χ3n) is 4.80. The molecule has 0 aromatic heterocycles. The summed E-state index contributed by atoms with van der Waals surface area (Å²) in [7, 11) is 1.67. The summed E-state index contributed by atoms with van der Waals surface area (Å²) >= 11 is 0. The van der Waals surface area contributed by atoms with Crippen molar-refractivity contribution in [2.45, 2.75) is 50.9 Å². The van der Waals surface area contributed by atoms with E-state index < -0.39 is 0 Å². The van der Waals surface area contributed by atoms with Crippen molar-refractivity contribution in [2.75, 3.05) is 26.7 Å². The Bertz CT molecular complexity index is 485. The molecule has 0 saturated heterocycles. The second kappa shape index (κ2) is 10.6. The maximum absolute atomic E-state index is 12.9. The molecule has 1 aliphatic carbocycles. The molecule has 24 heavy (non-hydrogen) atoms. The van der Waals surface area contributed by atoms with Crippen molar-refractivity contribution in [2.24, 2.45) is 0 Å². The summed E-state index contributed by atoms with van der Waals surface area (Å²) in [5, 5.41) is 6.48. The van der Waals surface area contributed by atoms with Gasteiger partial charge in [0, 0.05) is 13.1 Å². The zero-order chi connectivity index (χ0) is 16.5. The predicted octanol–water partition coefficient (Wildman–Crippen LogP) is 3.43.